The number of methoxy groups -OCH3 is 1. The molecule has 1 unspecified atom stereocenters. The predicted octanol–water partition coefficient (Wildman–Crippen LogP) is 4.09. The second-order valence-corrected chi connectivity index (χ2v) is 9.41. The van der Waals surface area contributed by atoms with Gasteiger partial charge in [-0.05, 0) is 53.6 Å². The van der Waals surface area contributed by atoms with Gasteiger partial charge in [-0.15, -0.1) is 0 Å². The number of rotatable bonds is 7. The highest BCUT2D eigenvalue weighted by Crippen LogP contribution is 2.26. The lowest BCUT2D eigenvalue weighted by molar-refractivity contribution is -0.128. The molecule has 0 aliphatic carbocycles. The van der Waals surface area contributed by atoms with Crippen molar-refractivity contribution in [3.63, 3.8) is 0 Å². The number of hydrogen-bond acceptors (Lipinski definition) is 5. The van der Waals surface area contributed by atoms with Crippen molar-refractivity contribution in [3.8, 4) is 5.75 Å². The van der Waals surface area contributed by atoms with Crippen molar-refractivity contribution in [2.45, 2.75) is 19.3 Å². The zero-order valence-corrected chi connectivity index (χ0v) is 22.1. The number of nitrogens with two attached hydrogens (primary N) is 1. The average Bonchev–Trinajstić information content (AvgIpc) is 3.39. The van der Waals surface area contributed by atoms with E-state index in [1.807, 2.05) is 24.3 Å². The summed E-state index contributed by atoms with van der Waals surface area (Å²) in [5.74, 6) is -0.314. The topological polar surface area (TPSA) is 117 Å². The third-order valence-electron chi connectivity index (χ3n) is 6.13. The highest BCUT2D eigenvalue weighted by atomic mass is 35.5. The van der Waals surface area contributed by atoms with Crippen LogP contribution in [0.4, 0.5) is 10.5 Å². The smallest absolute Gasteiger partial charge is 0.323 e. The van der Waals surface area contributed by atoms with E-state index in [-0.39, 0.29) is 30.2 Å². The van der Waals surface area contributed by atoms with Crippen LogP contribution in [0.15, 0.2) is 66.7 Å². The highest BCUT2D eigenvalue weighted by Gasteiger charge is 2.43. The molecule has 1 saturated heterocycles. The lowest BCUT2D eigenvalue weighted by atomic mass is 10.1. The second kappa shape index (κ2) is 12.2. The van der Waals surface area contributed by atoms with Gasteiger partial charge in [-0.3, -0.25) is 14.5 Å². The molecule has 4 N–H and O–H groups in total. The van der Waals surface area contributed by atoms with Crippen LogP contribution in [-0.4, -0.2) is 54.0 Å². The minimum absolute atomic E-state index is 0.149. The van der Waals surface area contributed by atoms with Crippen molar-refractivity contribution in [3.05, 3.63) is 93.5 Å². The van der Waals surface area contributed by atoms with E-state index in [4.69, 9.17) is 33.7 Å². The van der Waals surface area contributed by atoms with Gasteiger partial charge in [0.25, 0.3) is 11.8 Å². The Hall–Kier alpha value is -3.79. The molecule has 1 aliphatic heterocycles. The molecule has 3 aromatic carbocycles. The summed E-state index contributed by atoms with van der Waals surface area (Å²) in [6, 6.07) is 18.3. The summed E-state index contributed by atoms with van der Waals surface area (Å²) in [7, 11) is 1.55. The molecule has 0 aromatic heterocycles. The van der Waals surface area contributed by atoms with Crippen molar-refractivity contribution in [1.29, 1.82) is 0 Å². The van der Waals surface area contributed by atoms with E-state index in [1.165, 1.54) is 28.0 Å². The number of nitrogens with one attached hydrogen (secondary N) is 2. The summed E-state index contributed by atoms with van der Waals surface area (Å²) < 4.78 is 5.15. The summed E-state index contributed by atoms with van der Waals surface area (Å²) in [5, 5.41) is 6.16. The number of amides is 4. The van der Waals surface area contributed by atoms with Crippen molar-refractivity contribution in [1.82, 2.24) is 15.1 Å². The molecule has 38 heavy (non-hydrogen) atoms. The number of benzene rings is 3. The average molecular weight is 556 g/mol. The summed E-state index contributed by atoms with van der Waals surface area (Å²) in [6.07, 6.45) is -1.19. The molecule has 0 saturated carbocycles. The van der Waals surface area contributed by atoms with E-state index < -0.39 is 24.0 Å². The Kier molecular flexibility index (Phi) is 8.73. The molecule has 4 amide bonds. The quantitative estimate of drug-likeness (QED) is 0.406. The summed E-state index contributed by atoms with van der Waals surface area (Å²) in [5.41, 5.74) is 8.26. The monoisotopic (exact) mass is 555 g/mol. The third kappa shape index (κ3) is 6.19. The van der Waals surface area contributed by atoms with Gasteiger partial charge in [0.15, 0.2) is 6.17 Å². The summed E-state index contributed by atoms with van der Waals surface area (Å²) in [4.78, 5) is 42.8. The first-order chi connectivity index (χ1) is 18.3. The van der Waals surface area contributed by atoms with Crippen molar-refractivity contribution < 1.29 is 19.1 Å². The molecule has 1 fully saturated rings. The first-order valence-electron chi connectivity index (χ1n) is 11.8. The van der Waals surface area contributed by atoms with Crippen LogP contribution in [0.2, 0.25) is 10.0 Å². The standard InChI is InChI=1S/C27H27Cl2N5O4/c1-38-21-8-6-20(7-9-21)32-27(37)34-12-11-33(26(36)19-5-10-22(28)23(29)14-19)25(34)24(35)31-16-18-4-2-3-17(13-18)15-30/h2-10,13-14,25H,11-12,15-16,30H2,1H3,(H,31,35)(H,32,37). The number of nitrogens with zero attached hydrogens (tertiary/aromatic N) is 2. The fraction of sp³-hybridized carbons (Fsp3) is 0.222. The summed E-state index contributed by atoms with van der Waals surface area (Å²) >= 11 is 12.1. The van der Waals surface area contributed by atoms with Crippen LogP contribution in [0, 0.1) is 0 Å². The van der Waals surface area contributed by atoms with Gasteiger partial charge in [0.05, 0.1) is 17.2 Å². The highest BCUT2D eigenvalue weighted by molar-refractivity contribution is 6.42. The van der Waals surface area contributed by atoms with Crippen LogP contribution >= 0.6 is 23.2 Å². The lowest BCUT2D eigenvalue weighted by Gasteiger charge is -2.29. The predicted molar refractivity (Wildman–Crippen MR) is 146 cm³/mol. The van der Waals surface area contributed by atoms with Gasteiger partial charge in [0.2, 0.25) is 0 Å². The minimum Gasteiger partial charge on any atom is -0.497 e. The number of halogens is 2. The third-order valence-corrected chi connectivity index (χ3v) is 6.87. The van der Waals surface area contributed by atoms with Gasteiger partial charge in [0.1, 0.15) is 5.75 Å². The van der Waals surface area contributed by atoms with Crippen LogP contribution in [0.25, 0.3) is 0 Å². The number of urea groups is 1. The largest absolute Gasteiger partial charge is 0.497 e. The Balaban J connectivity index is 1.57. The van der Waals surface area contributed by atoms with Crippen molar-refractivity contribution in [2.24, 2.45) is 5.73 Å². The molecule has 1 aliphatic rings. The Bertz CT molecular complexity index is 1340. The molecule has 0 spiro atoms. The van der Waals surface area contributed by atoms with Crippen LogP contribution in [0.5, 0.6) is 5.75 Å². The molecule has 0 bridgehead atoms. The number of ether oxygens (including phenoxy) is 1. The fourth-order valence-electron chi connectivity index (χ4n) is 4.15. The molecule has 11 heteroatoms. The Morgan fingerprint density at radius 2 is 1.66 bits per heavy atom. The van der Waals surface area contributed by atoms with Crippen LogP contribution in [-0.2, 0) is 17.9 Å². The van der Waals surface area contributed by atoms with Gasteiger partial charge in [-0.2, -0.15) is 0 Å². The molecular weight excluding hydrogens is 529 g/mol. The normalized spacial score (nSPS) is 14.8. The molecule has 9 nitrogen and oxygen atoms in total. The van der Waals surface area contributed by atoms with E-state index >= 15 is 0 Å². The maximum atomic E-state index is 13.5. The van der Waals surface area contributed by atoms with Crippen molar-refractivity contribution >= 4 is 46.7 Å². The van der Waals surface area contributed by atoms with E-state index in [0.717, 1.165) is 11.1 Å². The van der Waals surface area contributed by atoms with Crippen LogP contribution in [0.1, 0.15) is 21.5 Å². The van der Waals surface area contributed by atoms with Gasteiger partial charge < -0.3 is 26.0 Å². The molecule has 1 atom stereocenters. The first-order valence-corrected chi connectivity index (χ1v) is 12.6. The second-order valence-electron chi connectivity index (χ2n) is 8.60. The van der Waals surface area contributed by atoms with Crippen molar-refractivity contribution in [2.75, 3.05) is 25.5 Å². The van der Waals surface area contributed by atoms with Crippen LogP contribution in [0.3, 0.4) is 0 Å². The number of carbonyl (C=O) groups excluding carboxylic acids is 3. The molecule has 3 aromatic rings. The molecular formula is C27H27Cl2N5O4. The zero-order valence-electron chi connectivity index (χ0n) is 20.6. The maximum Gasteiger partial charge on any atom is 0.323 e. The fourth-order valence-corrected chi connectivity index (χ4v) is 4.45. The Morgan fingerprint density at radius 3 is 2.34 bits per heavy atom. The number of anilines is 1. The zero-order chi connectivity index (χ0) is 27.2. The lowest BCUT2D eigenvalue weighted by Crippen LogP contribution is -2.54. The van der Waals surface area contributed by atoms with E-state index in [2.05, 4.69) is 10.6 Å². The Morgan fingerprint density at radius 1 is 0.947 bits per heavy atom. The van der Waals surface area contributed by atoms with E-state index in [1.54, 1.807) is 31.4 Å². The minimum atomic E-state index is -1.19. The van der Waals surface area contributed by atoms with Gasteiger partial charge in [-0.25, -0.2) is 4.79 Å². The summed E-state index contributed by atoms with van der Waals surface area (Å²) in [6.45, 7) is 0.868. The van der Waals surface area contributed by atoms with E-state index in [9.17, 15) is 14.4 Å². The molecule has 198 valence electrons. The van der Waals surface area contributed by atoms with Gasteiger partial charge >= 0.3 is 6.03 Å². The number of hydrogen-bond donors (Lipinski definition) is 3. The first kappa shape index (κ1) is 27.3. The molecule has 0 radical (unpaired) electrons. The molecule has 1 heterocycles. The number of carbonyl (C=O) groups is 3. The van der Waals surface area contributed by atoms with Crippen LogP contribution < -0.4 is 21.1 Å². The van der Waals surface area contributed by atoms with Gasteiger partial charge in [-0.1, -0.05) is 47.5 Å². The van der Waals surface area contributed by atoms with Gasteiger partial charge in [0, 0.05) is 37.4 Å². The van der Waals surface area contributed by atoms with E-state index in [0.29, 0.717) is 23.0 Å². The SMILES string of the molecule is COc1ccc(NC(=O)N2CCN(C(=O)c3ccc(Cl)c(Cl)c3)C2C(=O)NCc2cccc(CN)c2)cc1. The maximum absolute atomic E-state index is 13.5. The Labute approximate surface area is 230 Å². The molecule has 4 rings (SSSR count).